The summed E-state index contributed by atoms with van der Waals surface area (Å²) in [6.45, 7) is 0.531. The second kappa shape index (κ2) is 7.75. The molecule has 0 aliphatic heterocycles. The molecule has 6 nitrogen and oxygen atoms in total. The lowest BCUT2D eigenvalue weighted by Crippen LogP contribution is -2.25. The maximum Gasteiger partial charge on any atom is 0.227 e. The smallest absolute Gasteiger partial charge is 0.227 e. The van der Waals surface area contributed by atoms with E-state index in [0.29, 0.717) is 36.1 Å². The van der Waals surface area contributed by atoms with Crippen molar-refractivity contribution in [1.82, 2.24) is 15.5 Å². The zero-order chi connectivity index (χ0) is 15.1. The number of hydrogen-bond acceptors (Lipinski definition) is 5. The van der Waals surface area contributed by atoms with Crippen molar-refractivity contribution in [3.05, 3.63) is 35.2 Å². The molecule has 2 N–H and O–H groups in total. The highest BCUT2D eigenvalue weighted by molar-refractivity contribution is 6.30. The molecule has 0 radical (unpaired) electrons. The molecular weight excluding hydrogens is 294 g/mol. The summed E-state index contributed by atoms with van der Waals surface area (Å²) in [6.07, 6.45) is 1.20. The third-order valence-corrected chi connectivity index (χ3v) is 3.05. The Balaban J connectivity index is 1.86. The van der Waals surface area contributed by atoms with E-state index in [1.54, 1.807) is 24.3 Å². The van der Waals surface area contributed by atoms with Gasteiger partial charge in [-0.05, 0) is 30.7 Å². The first-order valence-corrected chi connectivity index (χ1v) is 7.03. The molecule has 1 heterocycles. The Morgan fingerprint density at radius 2 is 2.10 bits per heavy atom. The minimum Gasteiger partial charge on any atom is -0.396 e. The highest BCUT2D eigenvalue weighted by Gasteiger charge is 2.10. The number of aliphatic hydroxyl groups excluding tert-OH is 1. The van der Waals surface area contributed by atoms with Crippen molar-refractivity contribution in [3.63, 3.8) is 0 Å². The molecule has 21 heavy (non-hydrogen) atoms. The number of aryl methyl sites for hydroxylation is 1. The highest BCUT2D eigenvalue weighted by Crippen LogP contribution is 2.18. The predicted molar refractivity (Wildman–Crippen MR) is 77.8 cm³/mol. The molecular formula is C14H16ClN3O3. The van der Waals surface area contributed by atoms with E-state index in [2.05, 4.69) is 15.5 Å². The van der Waals surface area contributed by atoms with Gasteiger partial charge in [-0.1, -0.05) is 16.8 Å². The Kier molecular flexibility index (Phi) is 5.71. The normalized spacial score (nSPS) is 10.6. The number of aromatic nitrogens is 2. The van der Waals surface area contributed by atoms with Gasteiger partial charge in [0.25, 0.3) is 0 Å². The zero-order valence-electron chi connectivity index (χ0n) is 11.4. The number of aliphatic hydroxyl groups is 1. The third kappa shape index (κ3) is 4.84. The molecule has 0 fully saturated rings. The first-order valence-electron chi connectivity index (χ1n) is 6.65. The minimum absolute atomic E-state index is 0.0639. The fraction of sp³-hybridized carbons (Fsp3) is 0.357. The topological polar surface area (TPSA) is 88.2 Å². The number of amides is 1. The molecule has 0 saturated heterocycles. The summed E-state index contributed by atoms with van der Waals surface area (Å²) >= 11 is 5.82. The van der Waals surface area contributed by atoms with E-state index in [1.165, 1.54) is 0 Å². The molecule has 2 rings (SSSR count). The number of carbonyl (C=O) groups excluding carboxylic acids is 1. The summed E-state index contributed by atoms with van der Waals surface area (Å²) in [5.74, 6) is 0.786. The average molecular weight is 310 g/mol. The monoisotopic (exact) mass is 309 g/mol. The van der Waals surface area contributed by atoms with Gasteiger partial charge in [-0.25, -0.2) is 0 Å². The van der Waals surface area contributed by atoms with Gasteiger partial charge < -0.3 is 14.9 Å². The number of rotatable bonds is 7. The van der Waals surface area contributed by atoms with Crippen molar-refractivity contribution in [2.45, 2.75) is 19.3 Å². The summed E-state index contributed by atoms with van der Waals surface area (Å²) in [6, 6.07) is 7.11. The van der Waals surface area contributed by atoms with Crippen LogP contribution in [-0.2, 0) is 11.2 Å². The van der Waals surface area contributed by atoms with Gasteiger partial charge in [0.1, 0.15) is 0 Å². The SMILES string of the molecule is O=C(CCc1nc(-c2ccc(Cl)cc2)no1)NCCCO. The largest absolute Gasteiger partial charge is 0.396 e. The molecule has 2 aromatic rings. The van der Waals surface area contributed by atoms with Crippen LogP contribution in [0.2, 0.25) is 5.02 Å². The van der Waals surface area contributed by atoms with Gasteiger partial charge in [0.15, 0.2) is 0 Å². The molecule has 0 unspecified atom stereocenters. The van der Waals surface area contributed by atoms with Gasteiger partial charge in [-0.3, -0.25) is 4.79 Å². The zero-order valence-corrected chi connectivity index (χ0v) is 12.1. The second-order valence-corrected chi connectivity index (χ2v) is 4.88. The molecule has 0 saturated carbocycles. The Morgan fingerprint density at radius 1 is 1.33 bits per heavy atom. The van der Waals surface area contributed by atoms with E-state index >= 15 is 0 Å². The van der Waals surface area contributed by atoms with E-state index in [9.17, 15) is 4.79 Å². The second-order valence-electron chi connectivity index (χ2n) is 4.45. The van der Waals surface area contributed by atoms with E-state index in [0.717, 1.165) is 5.56 Å². The maximum absolute atomic E-state index is 11.5. The molecule has 1 aromatic heterocycles. The number of nitrogens with one attached hydrogen (secondary N) is 1. The fourth-order valence-electron chi connectivity index (χ4n) is 1.69. The standard InChI is InChI=1S/C14H16ClN3O3/c15-11-4-2-10(3-5-11)14-17-13(21-18-14)7-6-12(20)16-8-1-9-19/h2-5,19H,1,6-9H2,(H,16,20). The molecule has 7 heteroatoms. The van der Waals surface area contributed by atoms with E-state index in [4.69, 9.17) is 21.2 Å². The first kappa shape index (κ1) is 15.5. The molecule has 0 spiro atoms. The summed E-state index contributed by atoms with van der Waals surface area (Å²) < 4.78 is 5.11. The Labute approximate surface area is 127 Å². The van der Waals surface area contributed by atoms with Crippen LogP contribution in [0.15, 0.2) is 28.8 Å². The molecule has 0 bridgehead atoms. The van der Waals surface area contributed by atoms with E-state index in [1.807, 2.05) is 0 Å². The van der Waals surface area contributed by atoms with Gasteiger partial charge in [-0.2, -0.15) is 4.98 Å². The van der Waals surface area contributed by atoms with E-state index < -0.39 is 0 Å². The van der Waals surface area contributed by atoms with Crippen LogP contribution in [0, 0.1) is 0 Å². The third-order valence-electron chi connectivity index (χ3n) is 2.79. The van der Waals surface area contributed by atoms with Crippen molar-refractivity contribution < 1.29 is 14.4 Å². The van der Waals surface area contributed by atoms with Gasteiger partial charge in [0, 0.05) is 36.6 Å². The average Bonchev–Trinajstić information content (AvgIpc) is 2.95. The van der Waals surface area contributed by atoms with Crippen LogP contribution in [0.1, 0.15) is 18.7 Å². The Bertz CT molecular complexity index is 583. The van der Waals surface area contributed by atoms with Gasteiger partial charge in [0.2, 0.25) is 17.6 Å². The highest BCUT2D eigenvalue weighted by atomic mass is 35.5. The molecule has 0 aliphatic carbocycles. The molecule has 0 atom stereocenters. The number of halogens is 1. The summed E-state index contributed by atoms with van der Waals surface area (Å²) in [4.78, 5) is 15.7. The van der Waals surface area contributed by atoms with Crippen molar-refractivity contribution in [3.8, 4) is 11.4 Å². The van der Waals surface area contributed by atoms with Gasteiger partial charge >= 0.3 is 0 Å². The van der Waals surface area contributed by atoms with Crippen molar-refractivity contribution in [2.24, 2.45) is 0 Å². The number of nitrogens with zero attached hydrogens (tertiary/aromatic N) is 2. The predicted octanol–water partition coefficient (Wildman–Crippen LogP) is 1.82. The Hall–Kier alpha value is -1.92. The lowest BCUT2D eigenvalue weighted by Gasteiger charge is -2.01. The van der Waals surface area contributed by atoms with Gasteiger partial charge in [0.05, 0.1) is 0 Å². The van der Waals surface area contributed by atoms with Crippen molar-refractivity contribution in [2.75, 3.05) is 13.2 Å². The number of hydrogen-bond donors (Lipinski definition) is 2. The molecule has 112 valence electrons. The molecule has 1 aromatic carbocycles. The fourth-order valence-corrected chi connectivity index (χ4v) is 1.81. The maximum atomic E-state index is 11.5. The van der Waals surface area contributed by atoms with Crippen molar-refractivity contribution >= 4 is 17.5 Å². The molecule has 1 amide bonds. The first-order chi connectivity index (χ1) is 10.2. The summed E-state index contributed by atoms with van der Waals surface area (Å²) in [5.41, 5.74) is 0.807. The summed E-state index contributed by atoms with van der Waals surface area (Å²) in [5, 5.41) is 15.8. The lowest BCUT2D eigenvalue weighted by atomic mass is 10.2. The van der Waals surface area contributed by atoms with Crippen LogP contribution >= 0.6 is 11.6 Å². The lowest BCUT2D eigenvalue weighted by molar-refractivity contribution is -0.121. The molecule has 0 aliphatic rings. The quantitative estimate of drug-likeness (QED) is 0.762. The van der Waals surface area contributed by atoms with Gasteiger partial charge in [-0.15, -0.1) is 0 Å². The van der Waals surface area contributed by atoms with Crippen LogP contribution in [0.3, 0.4) is 0 Å². The van der Waals surface area contributed by atoms with E-state index in [-0.39, 0.29) is 18.9 Å². The van der Waals surface area contributed by atoms with Crippen LogP contribution in [0.25, 0.3) is 11.4 Å². The number of benzene rings is 1. The van der Waals surface area contributed by atoms with Crippen LogP contribution in [0.5, 0.6) is 0 Å². The van der Waals surface area contributed by atoms with Crippen LogP contribution in [-0.4, -0.2) is 34.3 Å². The van der Waals surface area contributed by atoms with Crippen molar-refractivity contribution in [1.29, 1.82) is 0 Å². The Morgan fingerprint density at radius 3 is 2.81 bits per heavy atom. The minimum atomic E-state index is -0.102. The number of carbonyl (C=O) groups is 1. The van der Waals surface area contributed by atoms with Crippen LogP contribution < -0.4 is 5.32 Å². The van der Waals surface area contributed by atoms with Crippen LogP contribution in [0.4, 0.5) is 0 Å². The summed E-state index contributed by atoms with van der Waals surface area (Å²) in [7, 11) is 0.